The van der Waals surface area contributed by atoms with Crippen LogP contribution in [0.25, 0.3) is 0 Å². The molecule has 0 unspecified atom stereocenters. The molecule has 0 saturated carbocycles. The number of halogens is 1. The fourth-order valence-electron chi connectivity index (χ4n) is 18.9. The number of phenols is 3. The number of hydrogen-bond donors (Lipinski definition) is 6. The molecule has 0 radical (unpaired) electrons. The fourth-order valence-corrected chi connectivity index (χ4v) is 18.9. The topological polar surface area (TPSA) is 222 Å². The maximum atomic E-state index is 13.0. The third-order valence-corrected chi connectivity index (χ3v) is 27.4. The monoisotopic (exact) mass is 1880 g/mol. The highest BCUT2D eigenvalue weighted by Crippen LogP contribution is 2.44. The van der Waals surface area contributed by atoms with Gasteiger partial charge in [-0.05, 0) is 220 Å². The Morgan fingerprint density at radius 3 is 0.956 bits per heavy atom. The molecule has 7 N–H and O–H groups in total. The number of nitrogens with two attached hydrogens (primary N) is 1. The lowest BCUT2D eigenvalue weighted by Gasteiger charge is -2.27. The van der Waals surface area contributed by atoms with Gasteiger partial charge >= 0.3 is 11.9 Å². The van der Waals surface area contributed by atoms with Crippen molar-refractivity contribution < 1.29 is 52.1 Å². The molecule has 12 rings (SSSR count). The van der Waals surface area contributed by atoms with E-state index in [4.69, 9.17) is 19.5 Å². The highest BCUT2D eigenvalue weighted by atomic mass is 35.5. The van der Waals surface area contributed by atoms with Crippen LogP contribution in [-0.4, -0.2) is 132 Å². The lowest BCUT2D eigenvalue weighted by atomic mass is 9.82. The Morgan fingerprint density at radius 2 is 0.654 bits per heavy atom. The van der Waals surface area contributed by atoms with Gasteiger partial charge in [0.25, 0.3) is 0 Å². The van der Waals surface area contributed by atoms with Crippen LogP contribution in [0.5, 0.6) is 28.7 Å². The fraction of sp³-hybridized carbons (Fsp3) is 0.585. The highest BCUT2D eigenvalue weighted by Gasteiger charge is 2.33. The van der Waals surface area contributed by atoms with E-state index >= 15 is 0 Å². The lowest BCUT2D eigenvalue weighted by molar-refractivity contribution is -0.529. The van der Waals surface area contributed by atoms with Crippen molar-refractivity contribution in [2.75, 3.05) is 65.4 Å². The Hall–Kier alpha value is -9.32. The number of hydrogen-bond acceptors (Lipinski definition) is 16. The van der Waals surface area contributed by atoms with E-state index in [-0.39, 0.29) is 51.4 Å². The molecule has 0 atom stereocenters. The normalized spacial score (nSPS) is 14.3. The van der Waals surface area contributed by atoms with E-state index in [1.165, 1.54) is 157 Å². The van der Waals surface area contributed by atoms with Crippen molar-refractivity contribution >= 4 is 41.1 Å². The lowest BCUT2D eigenvalue weighted by Crippen LogP contribution is -3.00. The largest absolute Gasteiger partial charge is 1.00 e. The number of nitrogens with zero attached hydrogens (tertiary/aromatic N) is 7. The molecule has 5 aliphatic rings. The number of aliphatic imine (C=N–C) groups is 5. The van der Waals surface area contributed by atoms with Gasteiger partial charge in [0.1, 0.15) is 58.6 Å². The van der Waals surface area contributed by atoms with Crippen molar-refractivity contribution in [2.24, 2.45) is 25.0 Å². The summed E-state index contributed by atoms with van der Waals surface area (Å²) in [5.41, 5.74) is 25.0. The summed E-state index contributed by atoms with van der Waals surface area (Å²) in [6.45, 7) is 68.7. The smallest absolute Gasteiger partial charge is 0.311 e. The summed E-state index contributed by atoms with van der Waals surface area (Å²) in [4.78, 5) is 53.6. The van der Waals surface area contributed by atoms with Crippen molar-refractivity contribution in [3.8, 4) is 28.7 Å². The zero-order chi connectivity index (χ0) is 99.1. The third-order valence-electron chi connectivity index (χ3n) is 27.4. The molecule has 748 valence electrons. The number of nitrogens with one attached hydrogen (secondary N) is 2. The number of aromatic hydroxyl groups is 3. The van der Waals surface area contributed by atoms with E-state index in [0.717, 1.165) is 233 Å². The zero-order valence-electron chi connectivity index (χ0n) is 89.4. The predicted octanol–water partition coefficient (Wildman–Crippen LogP) is 22.3. The minimum atomic E-state index is -0.119. The van der Waals surface area contributed by atoms with E-state index in [1.54, 1.807) is 0 Å². The standard InChI is InChI=1S/C35H52N2O2.C28H46N2O2.C23H30N2O.2C16H24N2O.ClH/c1-7-8-9-10-11-12-13-14-18-21-33(38)39-34-28(3)30(27(2)24-31(34)35(4,5)6)25-32-36-22-23-37(32)26-29-19-16-15-17-20-29;1-7-8-9-10-11-12-13-14-15-16-26(31)32-27-22(3)23(20-25-29-17-18-30-25)21(2)19-24(27)28(4,5)6;1-16-13-20(23(3,4)5)22(26)17(2)19(16)14-21-24-11-12-25(21)15-18-9-7-6-8-10-18;2*1-10-8-13(16(3,4)5)15(19)11(2)12(10)9-14-17-6-7-18-14;/h15-17,19-20,24H,7-14,18,21-23,25-26H2,1-6H3;19H,7-18,20H2,1-6H3,(H,29,30);6-10,13,26H,11-12,14-15H2,1-5H3;2*8,19H,6-7,9H2,1-5H3,(H,17,18);1H. The minimum Gasteiger partial charge on any atom is -1.00 e. The van der Waals surface area contributed by atoms with E-state index in [9.17, 15) is 24.9 Å². The van der Waals surface area contributed by atoms with Gasteiger partial charge < -0.3 is 57.6 Å². The summed E-state index contributed by atoms with van der Waals surface area (Å²) in [5.74, 6) is 8.12. The Morgan fingerprint density at radius 1 is 0.360 bits per heavy atom. The minimum absolute atomic E-state index is 0. The van der Waals surface area contributed by atoms with Crippen molar-refractivity contribution in [3.63, 3.8) is 0 Å². The number of carbonyl (C=O) groups excluding carboxylic acids is 2. The first-order chi connectivity index (χ1) is 63.8. The number of rotatable bonds is 36. The van der Waals surface area contributed by atoms with Gasteiger partial charge in [-0.1, -0.05) is 311 Å². The second kappa shape index (κ2) is 53.7. The molecule has 0 spiro atoms. The maximum Gasteiger partial charge on any atom is 0.311 e. The van der Waals surface area contributed by atoms with Crippen LogP contribution in [0, 0.1) is 69.2 Å². The molecule has 18 heteroatoms. The van der Waals surface area contributed by atoms with Crippen LogP contribution >= 0.6 is 0 Å². The van der Waals surface area contributed by atoms with Crippen LogP contribution in [0.2, 0.25) is 0 Å². The summed E-state index contributed by atoms with van der Waals surface area (Å²) < 4.78 is 12.2. The second-order valence-corrected chi connectivity index (χ2v) is 44.0. The van der Waals surface area contributed by atoms with Crippen LogP contribution in [0.3, 0.4) is 0 Å². The average Bonchev–Trinajstić information content (AvgIpc) is 0.882. The molecule has 7 aromatic rings. The third kappa shape index (κ3) is 34.3. The van der Waals surface area contributed by atoms with Crippen LogP contribution in [0.15, 0.2) is 116 Å². The summed E-state index contributed by atoms with van der Waals surface area (Å²) in [5, 5.41) is 40.5. The second-order valence-electron chi connectivity index (χ2n) is 44.0. The molecule has 5 heterocycles. The number of amidine groups is 5. The van der Waals surface area contributed by atoms with Gasteiger partial charge in [0.15, 0.2) is 5.84 Å². The molecule has 0 bridgehead atoms. The first-order valence-electron chi connectivity index (χ1n) is 51.5. The Kier molecular flexibility index (Phi) is 44.9. The Labute approximate surface area is 828 Å². The quantitative estimate of drug-likeness (QED) is 0.0123. The van der Waals surface area contributed by atoms with Gasteiger partial charge in [0.05, 0.1) is 39.1 Å². The van der Waals surface area contributed by atoms with Crippen LogP contribution in [0.1, 0.15) is 369 Å². The number of ether oxygens (including phenoxy) is 2. The van der Waals surface area contributed by atoms with E-state index in [2.05, 4.69) is 298 Å². The Bertz CT molecular complexity index is 5100. The molecule has 0 fully saturated rings. The number of benzene rings is 7. The molecule has 5 aliphatic heterocycles. The number of unbranched alkanes of at least 4 members (excludes halogenated alkanes) is 16. The van der Waals surface area contributed by atoms with Gasteiger partial charge in [-0.2, -0.15) is 0 Å². The zero-order valence-corrected chi connectivity index (χ0v) is 90.1. The van der Waals surface area contributed by atoms with Gasteiger partial charge in [0, 0.05) is 88.9 Å². The first kappa shape index (κ1) is 114. The summed E-state index contributed by atoms with van der Waals surface area (Å²) in [7, 11) is 0. The van der Waals surface area contributed by atoms with Gasteiger partial charge in [-0.25, -0.2) is 4.99 Å². The average molecular weight is 1880 g/mol. The molecular weight excluding hydrogens is 1700 g/mol. The number of aryl methyl sites for hydroxylation is 5. The van der Waals surface area contributed by atoms with Crippen LogP contribution in [-0.2, 0) is 81.9 Å². The summed E-state index contributed by atoms with van der Waals surface area (Å²) in [6.07, 6.45) is 27.3. The molecule has 0 aromatic heterocycles. The molecule has 17 nitrogen and oxygen atoms in total. The van der Waals surface area contributed by atoms with Crippen molar-refractivity contribution in [2.45, 2.75) is 388 Å². The molecule has 7 aromatic carbocycles. The molecule has 136 heavy (non-hydrogen) atoms. The van der Waals surface area contributed by atoms with E-state index in [1.807, 2.05) is 20.8 Å². The summed E-state index contributed by atoms with van der Waals surface area (Å²) in [6, 6.07) is 32.0. The van der Waals surface area contributed by atoms with E-state index < -0.39 is 0 Å². The summed E-state index contributed by atoms with van der Waals surface area (Å²) >= 11 is 0. The van der Waals surface area contributed by atoms with Crippen LogP contribution < -0.4 is 37.8 Å². The molecular formula is C118H177ClN10O7. The highest BCUT2D eigenvalue weighted by molar-refractivity contribution is 5.89. The van der Waals surface area contributed by atoms with E-state index in [0.29, 0.717) is 30.1 Å². The SMILES string of the molecule is CCCCCCCCCCCC(=O)Oc1c(C(C)(C)C)cc(C)c(CC2=NCCN2)c1C.CCCCCCCCCCCC(=O)Oc1c(C(C)(C)C)cc(C)c(CC2=NCCN2Cc2ccccc2)c1C.Cc1cc(C(C)(C)C)c(O)c(C)c1CC1=NCCN1.Cc1cc(C(C)(C)C)c(O)c(C)c1CC1=NCCN1Cc1ccccc1.Cc1cc(C(C)(C)C)c(O)c(C)c1CC1=NCC[NH2+]1.[Cl-]. The number of carbonyl (C=O) groups is 2. The number of phenolic OH excluding ortho intramolecular Hbond substituents is 3. The maximum absolute atomic E-state index is 13.0. The van der Waals surface area contributed by atoms with Gasteiger partial charge in [-0.15, -0.1) is 0 Å². The predicted molar refractivity (Wildman–Crippen MR) is 570 cm³/mol. The van der Waals surface area contributed by atoms with Crippen molar-refractivity contribution in [1.82, 2.24) is 20.4 Å². The van der Waals surface area contributed by atoms with Crippen LogP contribution in [0.4, 0.5) is 0 Å². The molecule has 0 aliphatic carbocycles. The number of quaternary nitrogens is 1. The number of esters is 2. The first-order valence-corrected chi connectivity index (χ1v) is 51.5. The Balaban J connectivity index is 0.000000237. The molecule has 0 amide bonds. The van der Waals surface area contributed by atoms with Gasteiger partial charge in [-0.3, -0.25) is 34.9 Å². The van der Waals surface area contributed by atoms with Crippen molar-refractivity contribution in [3.05, 3.63) is 213 Å². The van der Waals surface area contributed by atoms with Crippen molar-refractivity contribution in [1.29, 1.82) is 0 Å². The molecule has 0 saturated heterocycles. The van der Waals surface area contributed by atoms with Gasteiger partial charge in [0.2, 0.25) is 0 Å².